The molecule has 0 heterocycles. The van der Waals surface area contributed by atoms with Crippen molar-refractivity contribution in [3.8, 4) is 0 Å². The predicted molar refractivity (Wildman–Crippen MR) is 370 cm³/mol. The average Bonchev–Trinajstić information content (AvgIpc) is 3.59. The third-order valence-corrected chi connectivity index (χ3v) is 15.5. The van der Waals surface area contributed by atoms with Crippen LogP contribution in [0.5, 0.6) is 0 Å². The first kappa shape index (κ1) is 83.0. The van der Waals surface area contributed by atoms with E-state index in [9.17, 15) is 19.5 Å². The lowest BCUT2D eigenvalue weighted by molar-refractivity contribution is -0.870. The first-order valence-electron chi connectivity index (χ1n) is 36.0. The molecule has 0 saturated heterocycles. The summed E-state index contributed by atoms with van der Waals surface area (Å²) in [7, 11) is 5.93. The van der Waals surface area contributed by atoms with E-state index >= 15 is 0 Å². The molecule has 0 bridgehead atoms. The van der Waals surface area contributed by atoms with Crippen LogP contribution in [0.2, 0.25) is 0 Å². The van der Waals surface area contributed by atoms with Gasteiger partial charge >= 0.3 is 11.9 Å². The number of hydrogen-bond acceptors (Lipinski definition) is 8. The molecule has 87 heavy (non-hydrogen) atoms. The molecule has 0 amide bonds. The molecule has 0 aromatic carbocycles. The van der Waals surface area contributed by atoms with Gasteiger partial charge in [0.15, 0.2) is 12.4 Å². The quantitative estimate of drug-likeness (QED) is 0.0195. The second-order valence-electron chi connectivity index (χ2n) is 25.1. The van der Waals surface area contributed by atoms with Crippen LogP contribution in [0.1, 0.15) is 309 Å². The van der Waals surface area contributed by atoms with Gasteiger partial charge in [0, 0.05) is 12.8 Å². The van der Waals surface area contributed by atoms with Gasteiger partial charge in [0.1, 0.15) is 13.2 Å². The van der Waals surface area contributed by atoms with Gasteiger partial charge < -0.3 is 33.3 Å². The molecule has 0 N–H and O–H groups in total. The maximum Gasteiger partial charge on any atom is 0.306 e. The summed E-state index contributed by atoms with van der Waals surface area (Å²) in [6.07, 6.45) is 91.9. The van der Waals surface area contributed by atoms with Crippen LogP contribution in [0.25, 0.3) is 0 Å². The van der Waals surface area contributed by atoms with E-state index in [4.69, 9.17) is 18.9 Å². The molecule has 0 radical (unpaired) electrons. The molecule has 2 unspecified atom stereocenters. The lowest BCUT2D eigenvalue weighted by atomic mass is 10.0. The highest BCUT2D eigenvalue weighted by Gasteiger charge is 2.22. The second kappa shape index (κ2) is 67.9. The van der Waals surface area contributed by atoms with Crippen LogP contribution in [0.4, 0.5) is 0 Å². The van der Waals surface area contributed by atoms with E-state index in [0.29, 0.717) is 17.4 Å². The Morgan fingerprint density at radius 2 is 0.621 bits per heavy atom. The Hall–Kier alpha value is -4.05. The normalized spacial score (nSPS) is 13.3. The summed E-state index contributed by atoms with van der Waals surface area (Å²) in [5.41, 5.74) is 0. The topological polar surface area (TPSA) is 111 Å². The molecule has 9 nitrogen and oxygen atoms in total. The van der Waals surface area contributed by atoms with Crippen LogP contribution in [-0.2, 0) is 33.3 Å². The molecule has 0 fully saturated rings. The first-order chi connectivity index (χ1) is 42.6. The summed E-state index contributed by atoms with van der Waals surface area (Å²) in [5, 5.41) is 11.8. The van der Waals surface area contributed by atoms with Crippen molar-refractivity contribution in [1.82, 2.24) is 0 Å². The summed E-state index contributed by atoms with van der Waals surface area (Å²) in [6, 6.07) is 0. The number of allylic oxidation sites excluding steroid dienone is 18. The number of unbranched alkanes of at least 4 members (excludes halogenated alkanes) is 33. The Kier molecular flexibility index (Phi) is 64.7. The zero-order valence-electron chi connectivity index (χ0n) is 57.1. The van der Waals surface area contributed by atoms with Crippen LogP contribution in [0.15, 0.2) is 109 Å². The molecule has 0 rings (SSSR count). The third kappa shape index (κ3) is 69.3. The van der Waals surface area contributed by atoms with E-state index in [0.717, 1.165) is 103 Å². The van der Waals surface area contributed by atoms with E-state index in [-0.39, 0.29) is 38.6 Å². The van der Waals surface area contributed by atoms with Crippen molar-refractivity contribution in [3.05, 3.63) is 109 Å². The van der Waals surface area contributed by atoms with Gasteiger partial charge in [-0.2, -0.15) is 0 Å². The first-order valence-corrected chi connectivity index (χ1v) is 36.0. The number of quaternary nitrogens is 1. The number of carbonyl (C=O) groups is 3. The van der Waals surface area contributed by atoms with Crippen LogP contribution in [-0.4, -0.2) is 82.3 Å². The Labute approximate surface area is 536 Å². The highest BCUT2D eigenvalue weighted by atomic mass is 16.7. The number of aliphatic carboxylic acids is 1. The monoisotopic (exact) mass is 1210 g/mol. The summed E-state index contributed by atoms with van der Waals surface area (Å²) in [5.74, 6) is -2.28. The number of carbonyl (C=O) groups excluding carboxylic acids is 3. The van der Waals surface area contributed by atoms with Gasteiger partial charge in [-0.25, -0.2) is 0 Å². The third-order valence-electron chi connectivity index (χ3n) is 15.5. The van der Waals surface area contributed by atoms with Crippen molar-refractivity contribution in [2.45, 2.75) is 322 Å². The lowest BCUT2D eigenvalue weighted by Gasteiger charge is -2.26. The highest BCUT2D eigenvalue weighted by molar-refractivity contribution is 5.70. The number of carboxylic acids is 1. The van der Waals surface area contributed by atoms with Crippen LogP contribution in [0.3, 0.4) is 0 Å². The van der Waals surface area contributed by atoms with Gasteiger partial charge in [0.2, 0.25) is 0 Å². The minimum absolute atomic E-state index is 0.144. The van der Waals surface area contributed by atoms with E-state index < -0.39 is 24.3 Å². The van der Waals surface area contributed by atoms with E-state index in [1.807, 2.05) is 21.1 Å². The van der Waals surface area contributed by atoms with Crippen molar-refractivity contribution in [1.29, 1.82) is 0 Å². The summed E-state index contributed by atoms with van der Waals surface area (Å²) < 4.78 is 22.8. The molecule has 2 atom stereocenters. The zero-order valence-corrected chi connectivity index (χ0v) is 57.1. The summed E-state index contributed by atoms with van der Waals surface area (Å²) in [4.78, 5) is 37.5. The Bertz CT molecular complexity index is 1800. The SMILES string of the molecule is CC/C=C\C/C=C\C/C=C\C/C=C\C/C=C\CCCCCCCCCCCCCCCCCCCCCCCCCCCC(=O)OC(COC(=O)CCCCCCCCCC/C=C\C/C=C\C/C=C\C/C=C\CC)COC(OCC[N+](C)(C)C)C(=O)[O-]. The van der Waals surface area contributed by atoms with E-state index in [2.05, 4.69) is 123 Å². The molecular formula is C78H135NO8. The summed E-state index contributed by atoms with van der Waals surface area (Å²) in [6.45, 7) is 4.54. The number of ether oxygens (including phenoxy) is 4. The average molecular weight is 1210 g/mol. The largest absolute Gasteiger partial charge is 0.545 e. The number of nitrogens with zero attached hydrogens (tertiary/aromatic N) is 1. The Balaban J connectivity index is 3.99. The number of hydrogen-bond donors (Lipinski definition) is 0. The van der Waals surface area contributed by atoms with Gasteiger partial charge in [-0.3, -0.25) is 9.59 Å². The number of carboxylic acid groups (broad SMARTS) is 1. The fourth-order valence-electron chi connectivity index (χ4n) is 10.1. The smallest absolute Gasteiger partial charge is 0.306 e. The van der Waals surface area contributed by atoms with Crippen LogP contribution >= 0.6 is 0 Å². The summed E-state index contributed by atoms with van der Waals surface area (Å²) >= 11 is 0. The Morgan fingerprint density at radius 3 is 0.920 bits per heavy atom. The van der Waals surface area contributed by atoms with Gasteiger partial charge in [-0.05, 0) is 96.3 Å². The van der Waals surface area contributed by atoms with Crippen molar-refractivity contribution in [3.63, 3.8) is 0 Å². The molecule has 0 spiro atoms. The van der Waals surface area contributed by atoms with Gasteiger partial charge in [0.05, 0.1) is 40.3 Å². The maximum absolute atomic E-state index is 12.9. The Morgan fingerprint density at radius 1 is 0.345 bits per heavy atom. The van der Waals surface area contributed by atoms with Gasteiger partial charge in [-0.15, -0.1) is 0 Å². The molecule has 0 saturated carbocycles. The predicted octanol–water partition coefficient (Wildman–Crippen LogP) is 21.2. The zero-order chi connectivity index (χ0) is 63.3. The van der Waals surface area contributed by atoms with Crippen molar-refractivity contribution < 1.29 is 42.9 Å². The molecular weight excluding hydrogens is 1080 g/mol. The molecule has 0 aromatic heterocycles. The van der Waals surface area contributed by atoms with E-state index in [1.54, 1.807) is 0 Å². The van der Waals surface area contributed by atoms with Crippen molar-refractivity contribution in [2.75, 3.05) is 47.5 Å². The minimum Gasteiger partial charge on any atom is -0.545 e. The fourth-order valence-corrected chi connectivity index (χ4v) is 10.1. The molecule has 500 valence electrons. The van der Waals surface area contributed by atoms with Crippen LogP contribution in [0, 0.1) is 0 Å². The van der Waals surface area contributed by atoms with Crippen molar-refractivity contribution in [2.24, 2.45) is 0 Å². The maximum atomic E-state index is 12.9. The second-order valence-corrected chi connectivity index (χ2v) is 25.1. The molecule has 9 heteroatoms. The molecule has 0 aliphatic carbocycles. The fraction of sp³-hybridized carbons (Fsp3) is 0.731. The molecule has 0 aliphatic heterocycles. The van der Waals surface area contributed by atoms with E-state index in [1.165, 1.54) is 173 Å². The van der Waals surface area contributed by atoms with Crippen LogP contribution < -0.4 is 5.11 Å². The standard InChI is InChI=1S/C78H135NO8/c1-6-8-10-12-14-16-18-20-22-24-26-28-29-30-31-32-33-34-35-36-37-38-39-40-41-42-43-44-45-46-47-49-51-53-55-57-59-61-63-65-67-69-76(81)87-74(73-86-78(77(82)83)84-71-70-79(3,4)5)72-85-75(80)68-66-64-62-60-58-56-54-52-50-48-27-25-23-21-19-17-15-13-11-9-7-2/h8-11,14-17,20-23,26-28,30-31,48,74,78H,6-7,12-13,18-19,24-25,29,32-47,49-73H2,1-5H3/b10-8-,11-9-,16-14-,17-15-,22-20-,23-21-,28-26-,31-30-,48-27-. The lowest BCUT2D eigenvalue weighted by Crippen LogP contribution is -2.44. The number of esters is 2. The highest BCUT2D eigenvalue weighted by Crippen LogP contribution is 2.18. The molecule has 0 aromatic rings. The minimum atomic E-state index is -1.63. The van der Waals surface area contributed by atoms with Gasteiger partial charge in [-0.1, -0.05) is 309 Å². The van der Waals surface area contributed by atoms with Crippen molar-refractivity contribution >= 4 is 17.9 Å². The number of likely N-dealkylation sites (N-methyl/N-ethyl adjacent to an activating group) is 1. The number of rotatable bonds is 66. The molecule has 0 aliphatic rings. The van der Waals surface area contributed by atoms with Gasteiger partial charge in [0.25, 0.3) is 0 Å².